The van der Waals surface area contributed by atoms with E-state index in [1.807, 2.05) is 61.5 Å². The van der Waals surface area contributed by atoms with Crippen LogP contribution in [0.3, 0.4) is 0 Å². The van der Waals surface area contributed by atoms with Crippen LogP contribution in [0, 0.1) is 6.92 Å². The van der Waals surface area contributed by atoms with E-state index in [1.54, 1.807) is 12.3 Å². The Balaban J connectivity index is 1.49. The van der Waals surface area contributed by atoms with Crippen molar-refractivity contribution in [2.75, 3.05) is 5.32 Å². The Labute approximate surface area is 215 Å². The van der Waals surface area contributed by atoms with Gasteiger partial charge in [-0.05, 0) is 47.6 Å². The van der Waals surface area contributed by atoms with Gasteiger partial charge >= 0.3 is 6.03 Å². The first-order valence-electron chi connectivity index (χ1n) is 12.3. The van der Waals surface area contributed by atoms with Crippen LogP contribution in [0.1, 0.15) is 43.0 Å². The number of nitrogens with one attached hydrogen (secondary N) is 3. The average molecular weight is 495 g/mol. The van der Waals surface area contributed by atoms with Gasteiger partial charge in [0.15, 0.2) is 0 Å². The molecule has 0 fully saturated rings. The van der Waals surface area contributed by atoms with Crippen LogP contribution in [-0.4, -0.2) is 27.2 Å². The van der Waals surface area contributed by atoms with Crippen LogP contribution in [0.15, 0.2) is 83.8 Å². The maximum Gasteiger partial charge on any atom is 0.319 e. The molecule has 1 aliphatic rings. The Hall–Kier alpha value is -4.23. The first kappa shape index (κ1) is 24.5. The number of fused-ring (bicyclic) bond motifs is 1. The zero-order chi connectivity index (χ0) is 26.2. The molecular weight excluding hydrogens is 464 g/mol. The molecule has 2 atom stereocenters. The molecule has 188 valence electrons. The number of aliphatic hydroxyl groups is 1. The maximum absolute atomic E-state index is 13.3. The number of rotatable bonds is 4. The lowest BCUT2D eigenvalue weighted by molar-refractivity contribution is 0.0883. The highest BCUT2D eigenvalue weighted by Crippen LogP contribution is 2.41. The van der Waals surface area contributed by atoms with Crippen molar-refractivity contribution in [3.8, 4) is 22.5 Å². The van der Waals surface area contributed by atoms with Gasteiger partial charge in [-0.15, -0.1) is 0 Å². The number of aliphatic hydroxyl groups excluding tert-OH is 1. The Morgan fingerprint density at radius 1 is 1.00 bits per heavy atom. The average Bonchev–Trinajstić information content (AvgIpc) is 2.88. The van der Waals surface area contributed by atoms with Gasteiger partial charge in [-0.25, -0.2) is 9.78 Å². The normalized spacial score (nSPS) is 18.1. The van der Waals surface area contributed by atoms with Crippen molar-refractivity contribution in [1.82, 2.24) is 15.3 Å². The van der Waals surface area contributed by atoms with Crippen molar-refractivity contribution >= 4 is 11.7 Å². The number of pyridine rings is 2. The van der Waals surface area contributed by atoms with Crippen molar-refractivity contribution in [2.45, 2.75) is 44.8 Å². The standard InChI is InChI=1S/C30H30N4O3/c1-18-15-23(27(19-9-5-4-6-10-19)33-26(18)20-13-14-25(36)31-17-20)32-29(37)34-28-21-11-7-8-12-22(21)30(2,3)16-24(28)35/h4-15,17,24,28,35H,16H2,1-3H3,(H,31,36)(H2,32,34,37)/t24-,28-/m1/s1. The largest absolute Gasteiger partial charge is 0.391 e. The molecule has 2 heterocycles. The van der Waals surface area contributed by atoms with Gasteiger partial charge in [0.1, 0.15) is 0 Å². The van der Waals surface area contributed by atoms with Crippen LogP contribution in [0.4, 0.5) is 10.5 Å². The lowest BCUT2D eigenvalue weighted by Gasteiger charge is -2.40. The van der Waals surface area contributed by atoms with Gasteiger partial charge in [0.05, 0.1) is 29.2 Å². The third-order valence-electron chi connectivity index (χ3n) is 6.98. The predicted octanol–water partition coefficient (Wildman–Crippen LogP) is 5.32. The van der Waals surface area contributed by atoms with E-state index in [2.05, 4.69) is 35.5 Å². The number of nitrogens with zero attached hydrogens (tertiary/aromatic N) is 1. The van der Waals surface area contributed by atoms with Crippen molar-refractivity contribution in [1.29, 1.82) is 0 Å². The highest BCUT2D eigenvalue weighted by Gasteiger charge is 2.39. The van der Waals surface area contributed by atoms with Crippen LogP contribution >= 0.6 is 0 Å². The lowest BCUT2D eigenvalue weighted by Crippen LogP contribution is -2.45. The maximum atomic E-state index is 13.3. The third kappa shape index (κ3) is 4.90. The first-order chi connectivity index (χ1) is 17.7. The topological polar surface area (TPSA) is 107 Å². The molecule has 2 amide bonds. The molecule has 0 unspecified atom stereocenters. The molecular formula is C30H30N4O3. The van der Waals surface area contributed by atoms with Crippen molar-refractivity contribution < 1.29 is 9.90 Å². The monoisotopic (exact) mass is 494 g/mol. The van der Waals surface area contributed by atoms with E-state index in [0.717, 1.165) is 27.8 Å². The second-order valence-corrected chi connectivity index (χ2v) is 10.2. The molecule has 0 aliphatic heterocycles. The highest BCUT2D eigenvalue weighted by atomic mass is 16.3. The van der Waals surface area contributed by atoms with Crippen molar-refractivity contribution in [3.63, 3.8) is 0 Å². The summed E-state index contributed by atoms with van der Waals surface area (Å²) < 4.78 is 0. The molecule has 7 nitrogen and oxygen atoms in total. The molecule has 0 bridgehead atoms. The van der Waals surface area contributed by atoms with E-state index in [4.69, 9.17) is 4.98 Å². The molecule has 5 rings (SSSR count). The van der Waals surface area contributed by atoms with E-state index in [-0.39, 0.29) is 11.0 Å². The van der Waals surface area contributed by atoms with Crippen LogP contribution in [-0.2, 0) is 5.41 Å². The fourth-order valence-electron chi connectivity index (χ4n) is 5.19. The lowest BCUT2D eigenvalue weighted by atomic mass is 9.70. The number of carbonyl (C=O) groups is 1. The summed E-state index contributed by atoms with van der Waals surface area (Å²) in [5, 5.41) is 16.9. The Bertz CT molecular complexity index is 1490. The minimum atomic E-state index is -0.716. The summed E-state index contributed by atoms with van der Waals surface area (Å²) in [6.45, 7) is 6.13. The summed E-state index contributed by atoms with van der Waals surface area (Å²) in [5.74, 6) is 0. The van der Waals surface area contributed by atoms with Crippen LogP contribution < -0.4 is 16.2 Å². The minimum absolute atomic E-state index is 0.186. The summed E-state index contributed by atoms with van der Waals surface area (Å²) in [5.41, 5.74) is 5.99. The number of hydrogen-bond donors (Lipinski definition) is 4. The zero-order valence-corrected chi connectivity index (χ0v) is 21.1. The van der Waals surface area contributed by atoms with Crippen LogP contribution in [0.2, 0.25) is 0 Å². The van der Waals surface area contributed by atoms with E-state index in [9.17, 15) is 14.7 Å². The third-order valence-corrected chi connectivity index (χ3v) is 6.98. The molecule has 2 aromatic carbocycles. The van der Waals surface area contributed by atoms with Gasteiger partial charge in [0.2, 0.25) is 5.56 Å². The SMILES string of the molecule is Cc1cc(NC(=O)N[C@@H]2c3ccccc3C(C)(C)C[C@H]2O)c(-c2ccccc2)nc1-c1ccc(=O)[nH]c1. The number of benzene rings is 2. The number of carbonyl (C=O) groups excluding carboxylic acids is 1. The van der Waals surface area contributed by atoms with Gasteiger partial charge in [0.25, 0.3) is 0 Å². The predicted molar refractivity (Wildman–Crippen MR) is 145 cm³/mol. The number of aromatic amines is 1. The van der Waals surface area contributed by atoms with E-state index >= 15 is 0 Å². The van der Waals surface area contributed by atoms with E-state index in [1.165, 1.54) is 6.07 Å². The number of hydrogen-bond acceptors (Lipinski definition) is 4. The number of amides is 2. The molecule has 2 aromatic heterocycles. The Kier molecular flexibility index (Phi) is 6.39. The zero-order valence-electron chi connectivity index (χ0n) is 21.1. The van der Waals surface area contributed by atoms with Gasteiger partial charge in [-0.2, -0.15) is 0 Å². The summed E-state index contributed by atoms with van der Waals surface area (Å²) >= 11 is 0. The van der Waals surface area contributed by atoms with E-state index in [0.29, 0.717) is 23.5 Å². The summed E-state index contributed by atoms with van der Waals surface area (Å²) in [7, 11) is 0. The molecule has 0 saturated heterocycles. The Morgan fingerprint density at radius 2 is 1.73 bits per heavy atom. The van der Waals surface area contributed by atoms with E-state index < -0.39 is 18.2 Å². The fourth-order valence-corrected chi connectivity index (χ4v) is 5.19. The second-order valence-electron chi connectivity index (χ2n) is 10.2. The number of anilines is 1. The number of aromatic nitrogens is 2. The quantitative estimate of drug-likeness (QED) is 0.308. The van der Waals surface area contributed by atoms with Crippen molar-refractivity contribution in [3.05, 3.63) is 106 Å². The number of aryl methyl sites for hydroxylation is 1. The molecule has 0 radical (unpaired) electrons. The smallest absolute Gasteiger partial charge is 0.319 e. The number of H-pyrrole nitrogens is 1. The number of urea groups is 1. The van der Waals surface area contributed by atoms with Gasteiger partial charge in [-0.1, -0.05) is 68.4 Å². The molecule has 4 N–H and O–H groups in total. The fraction of sp³-hybridized carbons (Fsp3) is 0.233. The van der Waals surface area contributed by atoms with Crippen LogP contribution in [0.25, 0.3) is 22.5 Å². The highest BCUT2D eigenvalue weighted by molar-refractivity contribution is 5.94. The summed E-state index contributed by atoms with van der Waals surface area (Å²) in [4.78, 5) is 32.4. The molecule has 37 heavy (non-hydrogen) atoms. The molecule has 0 saturated carbocycles. The molecule has 1 aliphatic carbocycles. The van der Waals surface area contributed by atoms with Gasteiger partial charge < -0.3 is 20.7 Å². The van der Waals surface area contributed by atoms with Crippen LogP contribution in [0.5, 0.6) is 0 Å². The first-order valence-corrected chi connectivity index (χ1v) is 12.3. The van der Waals surface area contributed by atoms with Gasteiger partial charge in [-0.3, -0.25) is 4.79 Å². The molecule has 0 spiro atoms. The minimum Gasteiger partial charge on any atom is -0.391 e. The van der Waals surface area contributed by atoms with Gasteiger partial charge in [0, 0.05) is 23.4 Å². The summed E-state index contributed by atoms with van der Waals surface area (Å²) in [6, 6.07) is 21.7. The summed E-state index contributed by atoms with van der Waals surface area (Å²) in [6.07, 6.45) is 1.46. The van der Waals surface area contributed by atoms with Crippen molar-refractivity contribution in [2.24, 2.45) is 0 Å². The molecule has 4 aromatic rings. The molecule has 7 heteroatoms. The second kappa shape index (κ2) is 9.67. The Morgan fingerprint density at radius 3 is 2.46 bits per heavy atom.